The first kappa shape index (κ1) is 18.9. The number of halogens is 1. The highest BCUT2D eigenvalue weighted by Crippen LogP contribution is 2.33. The molecule has 0 unspecified atom stereocenters. The summed E-state index contributed by atoms with van der Waals surface area (Å²) in [6.07, 6.45) is 1.71. The van der Waals surface area contributed by atoms with E-state index in [2.05, 4.69) is 26.2 Å². The molecule has 6 heteroatoms. The number of amides is 1. The average molecular weight is 427 g/mol. The van der Waals surface area contributed by atoms with Gasteiger partial charge in [-0.15, -0.1) is 0 Å². The summed E-state index contributed by atoms with van der Waals surface area (Å²) in [7, 11) is 1.60. The summed E-state index contributed by atoms with van der Waals surface area (Å²) in [5, 5.41) is 4.31. The van der Waals surface area contributed by atoms with Gasteiger partial charge in [0.2, 0.25) is 0 Å². The summed E-state index contributed by atoms with van der Waals surface area (Å²) >= 11 is 3.45. The molecular weight excluding hydrogens is 408 g/mol. The Balaban J connectivity index is 0.00000210. The minimum Gasteiger partial charge on any atom is -0.460 e. The third-order valence-electron chi connectivity index (χ3n) is 4.18. The summed E-state index contributed by atoms with van der Waals surface area (Å²) in [6, 6.07) is 13.1. The van der Waals surface area contributed by atoms with Gasteiger partial charge in [-0.2, -0.15) is 0 Å². The third-order valence-corrected chi connectivity index (χ3v) is 4.68. The SMILES string of the molecule is C.CNC(=O)c1c(C)oc2cc(Oc3ccnc4cc(Br)ccc34)ccc12. The maximum Gasteiger partial charge on any atom is 0.255 e. The Morgan fingerprint density at radius 1 is 1.15 bits per heavy atom. The molecule has 0 aliphatic rings. The van der Waals surface area contributed by atoms with Gasteiger partial charge in [0.1, 0.15) is 22.8 Å². The van der Waals surface area contributed by atoms with Crippen LogP contribution in [0.3, 0.4) is 0 Å². The van der Waals surface area contributed by atoms with E-state index >= 15 is 0 Å². The molecule has 0 saturated carbocycles. The van der Waals surface area contributed by atoms with Gasteiger partial charge in [0, 0.05) is 34.6 Å². The molecule has 2 heterocycles. The lowest BCUT2D eigenvalue weighted by Crippen LogP contribution is -2.18. The Morgan fingerprint density at radius 3 is 2.70 bits per heavy atom. The molecule has 0 atom stereocenters. The molecule has 4 rings (SSSR count). The van der Waals surface area contributed by atoms with E-state index < -0.39 is 0 Å². The molecule has 0 aliphatic carbocycles. The van der Waals surface area contributed by atoms with Crippen LogP contribution in [-0.4, -0.2) is 17.9 Å². The Labute approximate surface area is 165 Å². The molecule has 1 amide bonds. The van der Waals surface area contributed by atoms with Crippen LogP contribution >= 0.6 is 15.9 Å². The number of pyridine rings is 1. The number of carbonyl (C=O) groups is 1. The Morgan fingerprint density at radius 2 is 1.93 bits per heavy atom. The lowest BCUT2D eigenvalue weighted by molar-refractivity contribution is 0.0963. The van der Waals surface area contributed by atoms with Crippen molar-refractivity contribution in [2.45, 2.75) is 14.4 Å². The quantitative estimate of drug-likeness (QED) is 0.446. The molecule has 1 N–H and O–H groups in total. The first-order chi connectivity index (χ1) is 12.6. The molecule has 0 fully saturated rings. The second kappa shape index (κ2) is 7.40. The highest BCUT2D eigenvalue weighted by Gasteiger charge is 2.17. The number of aromatic nitrogens is 1. The summed E-state index contributed by atoms with van der Waals surface area (Å²) in [5.41, 5.74) is 2.00. The highest BCUT2D eigenvalue weighted by atomic mass is 79.9. The lowest BCUT2D eigenvalue weighted by atomic mass is 10.1. The number of carbonyl (C=O) groups excluding carboxylic acids is 1. The van der Waals surface area contributed by atoms with Crippen LogP contribution in [0.5, 0.6) is 11.5 Å². The van der Waals surface area contributed by atoms with E-state index in [9.17, 15) is 4.79 Å². The number of hydrogen-bond donors (Lipinski definition) is 1. The number of nitrogens with zero attached hydrogens (tertiary/aromatic N) is 1. The van der Waals surface area contributed by atoms with Crippen molar-refractivity contribution < 1.29 is 13.9 Å². The van der Waals surface area contributed by atoms with Crippen molar-refractivity contribution in [2.24, 2.45) is 0 Å². The van der Waals surface area contributed by atoms with Crippen molar-refractivity contribution in [3.05, 3.63) is 64.5 Å². The van der Waals surface area contributed by atoms with E-state index in [1.165, 1.54) is 0 Å². The number of furan rings is 1. The highest BCUT2D eigenvalue weighted by molar-refractivity contribution is 9.10. The minimum absolute atomic E-state index is 0. The topological polar surface area (TPSA) is 64.4 Å². The number of hydrogen-bond acceptors (Lipinski definition) is 4. The fourth-order valence-corrected chi connectivity index (χ4v) is 3.33. The van der Waals surface area contributed by atoms with Crippen LogP contribution in [0, 0.1) is 6.92 Å². The van der Waals surface area contributed by atoms with Gasteiger partial charge in [-0.1, -0.05) is 23.4 Å². The summed E-state index contributed by atoms with van der Waals surface area (Å²) < 4.78 is 12.8. The zero-order valence-electron chi connectivity index (χ0n) is 14.2. The van der Waals surface area contributed by atoms with Gasteiger partial charge >= 0.3 is 0 Å². The summed E-state index contributed by atoms with van der Waals surface area (Å²) in [4.78, 5) is 16.4. The van der Waals surface area contributed by atoms with Crippen LogP contribution in [0.25, 0.3) is 21.9 Å². The van der Waals surface area contributed by atoms with E-state index in [0.717, 1.165) is 20.8 Å². The Kier molecular flexibility index (Phi) is 5.19. The van der Waals surface area contributed by atoms with Crippen molar-refractivity contribution in [3.63, 3.8) is 0 Å². The molecule has 0 aliphatic heterocycles. The molecule has 0 spiro atoms. The maximum absolute atomic E-state index is 12.0. The third kappa shape index (κ3) is 3.40. The van der Waals surface area contributed by atoms with Crippen molar-refractivity contribution in [2.75, 3.05) is 7.05 Å². The lowest BCUT2D eigenvalue weighted by Gasteiger charge is -2.09. The standard InChI is InChI=1S/C20H15BrN2O3.CH4/c1-11-19(20(24)22-2)15-6-4-13(10-18(15)25-11)26-17-7-8-23-16-9-12(21)3-5-14(16)17;/h3-10H,1-2H3,(H,22,24);1H4. The molecule has 4 aromatic rings. The molecule has 0 bridgehead atoms. The van der Waals surface area contributed by atoms with Gasteiger partial charge in [-0.25, -0.2) is 0 Å². The van der Waals surface area contributed by atoms with Crippen molar-refractivity contribution in [1.82, 2.24) is 10.3 Å². The number of aryl methyl sites for hydroxylation is 1. The second-order valence-corrected chi connectivity index (χ2v) is 6.76. The molecular formula is C21H19BrN2O3. The number of nitrogens with one attached hydrogen (secondary N) is 1. The second-order valence-electron chi connectivity index (χ2n) is 5.84. The van der Waals surface area contributed by atoms with E-state index in [-0.39, 0.29) is 13.3 Å². The van der Waals surface area contributed by atoms with Gasteiger partial charge in [0.25, 0.3) is 5.91 Å². The smallest absolute Gasteiger partial charge is 0.255 e. The molecule has 5 nitrogen and oxygen atoms in total. The fourth-order valence-electron chi connectivity index (χ4n) is 2.98. The van der Waals surface area contributed by atoms with Crippen molar-refractivity contribution in [3.8, 4) is 11.5 Å². The van der Waals surface area contributed by atoms with E-state index in [1.54, 1.807) is 26.2 Å². The van der Waals surface area contributed by atoms with E-state index in [1.807, 2.05) is 36.4 Å². The van der Waals surface area contributed by atoms with Gasteiger partial charge in [0.05, 0.1) is 11.1 Å². The monoisotopic (exact) mass is 426 g/mol. The molecule has 0 saturated heterocycles. The zero-order chi connectivity index (χ0) is 18.3. The number of benzene rings is 2. The summed E-state index contributed by atoms with van der Waals surface area (Å²) in [5.74, 6) is 1.75. The van der Waals surface area contributed by atoms with Crippen LogP contribution in [0.1, 0.15) is 23.5 Å². The Bertz CT molecular complexity index is 1150. The van der Waals surface area contributed by atoms with E-state index in [4.69, 9.17) is 9.15 Å². The van der Waals surface area contributed by atoms with Crippen LogP contribution < -0.4 is 10.1 Å². The number of ether oxygens (including phenoxy) is 1. The van der Waals surface area contributed by atoms with Gasteiger partial charge < -0.3 is 14.5 Å². The molecule has 0 radical (unpaired) electrons. The predicted octanol–water partition coefficient (Wildman–Crippen LogP) is 5.84. The molecule has 2 aromatic carbocycles. The first-order valence-corrected chi connectivity index (χ1v) is 8.83. The first-order valence-electron chi connectivity index (χ1n) is 8.04. The van der Waals surface area contributed by atoms with Crippen LogP contribution in [0.15, 0.2) is 57.6 Å². The zero-order valence-corrected chi connectivity index (χ0v) is 15.8. The van der Waals surface area contributed by atoms with E-state index in [0.29, 0.717) is 28.4 Å². The normalized spacial score (nSPS) is 10.6. The van der Waals surface area contributed by atoms with Crippen molar-refractivity contribution >= 4 is 43.7 Å². The van der Waals surface area contributed by atoms with Gasteiger partial charge in [-0.05, 0) is 43.3 Å². The largest absolute Gasteiger partial charge is 0.460 e. The average Bonchev–Trinajstić information content (AvgIpc) is 2.96. The summed E-state index contributed by atoms with van der Waals surface area (Å²) in [6.45, 7) is 1.78. The van der Waals surface area contributed by atoms with Crippen LogP contribution in [0.2, 0.25) is 0 Å². The maximum atomic E-state index is 12.0. The fraction of sp³-hybridized carbons (Fsp3) is 0.143. The van der Waals surface area contributed by atoms with Crippen molar-refractivity contribution in [1.29, 1.82) is 0 Å². The number of rotatable bonds is 3. The molecule has 2 aromatic heterocycles. The predicted molar refractivity (Wildman–Crippen MR) is 111 cm³/mol. The number of fused-ring (bicyclic) bond motifs is 2. The van der Waals surface area contributed by atoms with Gasteiger partial charge in [0.15, 0.2) is 0 Å². The molecule has 138 valence electrons. The van der Waals surface area contributed by atoms with Crippen LogP contribution in [-0.2, 0) is 0 Å². The van der Waals surface area contributed by atoms with Gasteiger partial charge in [-0.3, -0.25) is 9.78 Å². The Hall–Kier alpha value is -2.86. The van der Waals surface area contributed by atoms with Crippen LogP contribution in [0.4, 0.5) is 0 Å². The minimum atomic E-state index is -0.166. The molecule has 27 heavy (non-hydrogen) atoms.